The lowest BCUT2D eigenvalue weighted by atomic mass is 9.96. The lowest BCUT2D eigenvalue weighted by Gasteiger charge is -2.29. The quantitative estimate of drug-likeness (QED) is 0.285. The Morgan fingerprint density at radius 2 is 1.90 bits per heavy atom. The Labute approximate surface area is 227 Å². The van der Waals surface area contributed by atoms with Gasteiger partial charge < -0.3 is 19.7 Å². The van der Waals surface area contributed by atoms with E-state index in [-0.39, 0.29) is 18.7 Å². The summed E-state index contributed by atoms with van der Waals surface area (Å²) in [4.78, 5) is 17.9. The molecule has 39 heavy (non-hydrogen) atoms. The maximum absolute atomic E-state index is 14.9. The predicted octanol–water partition coefficient (Wildman–Crippen LogP) is 4.71. The number of piperidine rings is 1. The highest BCUT2D eigenvalue weighted by Crippen LogP contribution is 2.32. The van der Waals surface area contributed by atoms with Crippen molar-refractivity contribution in [1.82, 2.24) is 15.0 Å². The fourth-order valence-corrected chi connectivity index (χ4v) is 5.12. The van der Waals surface area contributed by atoms with Crippen molar-refractivity contribution in [3.05, 3.63) is 77.6 Å². The SMILES string of the molecule is O=C(O)c1ccc(-c2ccc3c(c2)CCC(CN(F)C(O)COc2cccnc2CN2CCCCC2)O3)cc1. The van der Waals surface area contributed by atoms with Crippen LogP contribution in [0.15, 0.2) is 60.8 Å². The summed E-state index contributed by atoms with van der Waals surface area (Å²) in [6.45, 7) is 2.43. The zero-order valence-corrected chi connectivity index (χ0v) is 21.8. The van der Waals surface area contributed by atoms with Gasteiger partial charge in [0.05, 0.1) is 17.8 Å². The number of hydrogen-bond donors (Lipinski definition) is 2. The Hall–Kier alpha value is -3.53. The smallest absolute Gasteiger partial charge is 0.335 e. The molecule has 5 rings (SSSR count). The molecule has 2 aliphatic heterocycles. The molecule has 0 amide bonds. The van der Waals surface area contributed by atoms with Crippen LogP contribution in [0, 0.1) is 0 Å². The topological polar surface area (TPSA) is 95.4 Å². The van der Waals surface area contributed by atoms with Crippen LogP contribution in [0.2, 0.25) is 0 Å². The van der Waals surface area contributed by atoms with Crippen molar-refractivity contribution in [1.29, 1.82) is 0 Å². The highest BCUT2D eigenvalue weighted by molar-refractivity contribution is 5.88. The maximum Gasteiger partial charge on any atom is 0.335 e. The molecular formula is C30H34FN3O5. The molecule has 0 spiro atoms. The minimum Gasteiger partial charge on any atom is -0.489 e. The lowest BCUT2D eigenvalue weighted by molar-refractivity contribution is -0.150. The largest absolute Gasteiger partial charge is 0.489 e. The molecule has 3 heterocycles. The molecular weight excluding hydrogens is 501 g/mol. The summed E-state index contributed by atoms with van der Waals surface area (Å²) in [5.41, 5.74) is 3.92. The molecule has 3 aromatic rings. The summed E-state index contributed by atoms with van der Waals surface area (Å²) in [6.07, 6.45) is 4.79. The van der Waals surface area contributed by atoms with Gasteiger partial charge in [-0.15, -0.1) is 9.60 Å². The fourth-order valence-electron chi connectivity index (χ4n) is 5.12. The molecule has 0 bridgehead atoms. The number of carboxylic acid groups (broad SMARTS) is 1. The third kappa shape index (κ3) is 6.92. The summed E-state index contributed by atoms with van der Waals surface area (Å²) in [6, 6.07) is 16.1. The molecule has 0 saturated carbocycles. The standard InChI is InChI=1S/C30H34FN3O5/c31-34(29(35)20-38-28-5-4-14-32-26(28)19-33-15-2-1-3-16-33)18-25-12-10-24-17-23(11-13-27(24)39-25)21-6-8-22(9-7-21)30(36)37/h4-9,11,13-14,17,25,29,35H,1-3,10,12,15-16,18-20H2,(H,36,37). The maximum atomic E-state index is 14.9. The number of likely N-dealkylation sites (tertiary alicyclic amines) is 1. The van der Waals surface area contributed by atoms with Gasteiger partial charge in [-0.25, -0.2) is 4.79 Å². The number of hydrogen-bond acceptors (Lipinski definition) is 7. The summed E-state index contributed by atoms with van der Waals surface area (Å²) >= 11 is 0. The van der Waals surface area contributed by atoms with E-state index in [2.05, 4.69) is 9.88 Å². The van der Waals surface area contributed by atoms with Gasteiger partial charge in [0.2, 0.25) is 0 Å². The molecule has 1 fully saturated rings. The summed E-state index contributed by atoms with van der Waals surface area (Å²) in [5.74, 6) is 0.292. The van der Waals surface area contributed by atoms with E-state index >= 15 is 0 Å². The van der Waals surface area contributed by atoms with E-state index < -0.39 is 18.3 Å². The average molecular weight is 536 g/mol. The molecule has 2 atom stereocenters. The van der Waals surface area contributed by atoms with Crippen LogP contribution in [0.4, 0.5) is 4.48 Å². The van der Waals surface area contributed by atoms with E-state index in [9.17, 15) is 14.4 Å². The van der Waals surface area contributed by atoms with Crippen LogP contribution >= 0.6 is 0 Å². The van der Waals surface area contributed by atoms with Crippen molar-refractivity contribution in [2.24, 2.45) is 0 Å². The number of rotatable bonds is 10. The molecule has 2 aromatic carbocycles. The minimum atomic E-state index is -1.44. The van der Waals surface area contributed by atoms with Crippen molar-refractivity contribution >= 4 is 5.97 Å². The number of nitrogens with zero attached hydrogens (tertiary/aromatic N) is 3. The number of aromatic nitrogens is 1. The molecule has 1 saturated heterocycles. The number of fused-ring (bicyclic) bond motifs is 1. The number of halogens is 1. The zero-order chi connectivity index (χ0) is 27.2. The van der Waals surface area contributed by atoms with Crippen LogP contribution in [-0.4, -0.2) is 69.8 Å². The molecule has 0 aliphatic carbocycles. The molecule has 2 aliphatic rings. The highest BCUT2D eigenvalue weighted by atomic mass is 19.2. The van der Waals surface area contributed by atoms with E-state index in [0.717, 1.165) is 35.5 Å². The van der Waals surface area contributed by atoms with Gasteiger partial charge in [-0.2, -0.15) is 0 Å². The molecule has 2 N–H and O–H groups in total. The fraction of sp³-hybridized carbons (Fsp3) is 0.400. The number of aliphatic hydroxyl groups is 1. The Morgan fingerprint density at radius 3 is 2.67 bits per heavy atom. The second-order valence-electron chi connectivity index (χ2n) is 10.1. The van der Waals surface area contributed by atoms with Crippen LogP contribution in [0.3, 0.4) is 0 Å². The van der Waals surface area contributed by atoms with Crippen molar-refractivity contribution in [2.45, 2.75) is 51.0 Å². The summed E-state index contributed by atoms with van der Waals surface area (Å²) in [7, 11) is 0. The van der Waals surface area contributed by atoms with Crippen molar-refractivity contribution in [3.63, 3.8) is 0 Å². The van der Waals surface area contributed by atoms with Gasteiger partial charge in [0, 0.05) is 12.7 Å². The molecule has 2 unspecified atom stereocenters. The predicted molar refractivity (Wildman–Crippen MR) is 144 cm³/mol. The molecule has 9 heteroatoms. The summed E-state index contributed by atoms with van der Waals surface area (Å²) in [5, 5.41) is 19.9. The number of carbonyl (C=O) groups is 1. The molecule has 1 aromatic heterocycles. The second-order valence-corrected chi connectivity index (χ2v) is 10.1. The van der Waals surface area contributed by atoms with E-state index in [1.54, 1.807) is 42.6 Å². The third-order valence-electron chi connectivity index (χ3n) is 7.31. The average Bonchev–Trinajstić information content (AvgIpc) is 2.97. The monoisotopic (exact) mass is 535 g/mol. The first-order chi connectivity index (χ1) is 19.0. The van der Waals surface area contributed by atoms with Crippen LogP contribution in [0.5, 0.6) is 11.5 Å². The first kappa shape index (κ1) is 27.1. The molecule has 0 radical (unpaired) electrons. The number of aromatic carboxylic acids is 1. The number of benzene rings is 2. The van der Waals surface area contributed by atoms with Crippen LogP contribution in [-0.2, 0) is 13.0 Å². The Kier molecular flexibility index (Phi) is 8.71. The number of aliphatic hydroxyl groups excluding tert-OH is 1. The van der Waals surface area contributed by atoms with Gasteiger partial charge >= 0.3 is 5.97 Å². The first-order valence-corrected chi connectivity index (χ1v) is 13.5. The molecule has 8 nitrogen and oxygen atoms in total. The van der Waals surface area contributed by atoms with Crippen molar-refractivity contribution in [3.8, 4) is 22.6 Å². The number of aryl methyl sites for hydroxylation is 1. The van der Waals surface area contributed by atoms with Crippen molar-refractivity contribution in [2.75, 3.05) is 26.2 Å². The third-order valence-corrected chi connectivity index (χ3v) is 7.31. The Bertz CT molecular complexity index is 1270. The van der Waals surface area contributed by atoms with E-state index in [4.69, 9.17) is 14.6 Å². The Balaban J connectivity index is 1.13. The second kappa shape index (κ2) is 12.5. The van der Waals surface area contributed by atoms with E-state index in [0.29, 0.717) is 36.0 Å². The van der Waals surface area contributed by atoms with Crippen LogP contribution < -0.4 is 9.47 Å². The van der Waals surface area contributed by atoms with Crippen LogP contribution in [0.1, 0.15) is 47.3 Å². The number of ether oxygens (including phenoxy) is 2. The zero-order valence-electron chi connectivity index (χ0n) is 21.8. The van der Waals surface area contributed by atoms with E-state index in [1.807, 2.05) is 18.2 Å². The molecule has 206 valence electrons. The van der Waals surface area contributed by atoms with Gasteiger partial charge in [-0.3, -0.25) is 9.88 Å². The minimum absolute atomic E-state index is 0.0873. The number of carboxylic acids is 1. The first-order valence-electron chi connectivity index (χ1n) is 13.5. The van der Waals surface area contributed by atoms with Gasteiger partial charge in [-0.1, -0.05) is 24.6 Å². The Morgan fingerprint density at radius 1 is 1.13 bits per heavy atom. The van der Waals surface area contributed by atoms with Gasteiger partial charge in [-0.05, 0) is 91.9 Å². The normalized spacial score (nSPS) is 18.3. The van der Waals surface area contributed by atoms with Gasteiger partial charge in [0.25, 0.3) is 0 Å². The van der Waals surface area contributed by atoms with E-state index in [1.165, 1.54) is 19.3 Å². The lowest BCUT2D eigenvalue weighted by Crippen LogP contribution is -2.41. The number of pyridine rings is 1. The van der Waals surface area contributed by atoms with Gasteiger partial charge in [0.15, 0.2) is 6.23 Å². The van der Waals surface area contributed by atoms with Crippen LogP contribution in [0.25, 0.3) is 11.1 Å². The van der Waals surface area contributed by atoms with Gasteiger partial charge in [0.1, 0.15) is 24.2 Å². The summed E-state index contributed by atoms with van der Waals surface area (Å²) < 4.78 is 26.7. The highest BCUT2D eigenvalue weighted by Gasteiger charge is 2.26. The van der Waals surface area contributed by atoms with Crippen molar-refractivity contribution < 1.29 is 29.0 Å².